The summed E-state index contributed by atoms with van der Waals surface area (Å²) in [7, 11) is 0. The minimum atomic E-state index is -1.39. The molecule has 7 heteroatoms. The van der Waals surface area contributed by atoms with E-state index in [1.54, 1.807) is 18.2 Å². The number of esters is 1. The van der Waals surface area contributed by atoms with Gasteiger partial charge in [-0.1, -0.05) is 15.9 Å². The fourth-order valence-electron chi connectivity index (χ4n) is 3.36. The predicted octanol–water partition coefficient (Wildman–Crippen LogP) is 2.47. The van der Waals surface area contributed by atoms with Crippen molar-refractivity contribution in [2.75, 3.05) is 6.54 Å². The molecule has 2 atom stereocenters. The van der Waals surface area contributed by atoms with Crippen molar-refractivity contribution in [1.29, 1.82) is 0 Å². The lowest BCUT2D eigenvalue weighted by atomic mass is 9.68. The van der Waals surface area contributed by atoms with Gasteiger partial charge in [-0.05, 0) is 31.0 Å². The number of halogens is 1. The van der Waals surface area contributed by atoms with Crippen LogP contribution in [0.1, 0.15) is 30.7 Å². The average Bonchev–Trinajstić information content (AvgIpc) is 2.79. The van der Waals surface area contributed by atoms with Crippen molar-refractivity contribution in [3.05, 3.63) is 38.3 Å². The normalized spacial score (nSPS) is 27.6. The van der Waals surface area contributed by atoms with Crippen LogP contribution in [0.3, 0.4) is 0 Å². The largest absolute Gasteiger partial charge is 0.425 e. The summed E-state index contributed by atoms with van der Waals surface area (Å²) in [5, 5.41) is 11.0. The number of ketones is 1. The Hall–Kier alpha value is -1.76. The van der Waals surface area contributed by atoms with Gasteiger partial charge in [0.25, 0.3) is 0 Å². The van der Waals surface area contributed by atoms with Crippen LogP contribution in [0.4, 0.5) is 0 Å². The molecule has 1 saturated carbocycles. The summed E-state index contributed by atoms with van der Waals surface area (Å²) in [5.41, 5.74) is -0.836. The molecule has 1 heterocycles. The highest BCUT2D eigenvalue weighted by Gasteiger charge is 2.60. The van der Waals surface area contributed by atoms with Crippen molar-refractivity contribution in [3.8, 4) is 5.75 Å². The van der Waals surface area contributed by atoms with Gasteiger partial charge in [0, 0.05) is 21.4 Å². The summed E-state index contributed by atoms with van der Waals surface area (Å²) in [6, 6.07) is 4.99. The zero-order valence-corrected chi connectivity index (χ0v) is 12.6. The first kappa shape index (κ1) is 14.2. The first-order valence-corrected chi connectivity index (χ1v) is 7.41. The number of benzene rings is 1. The van der Waals surface area contributed by atoms with E-state index in [-0.39, 0.29) is 12.2 Å². The molecule has 0 N–H and O–H groups in total. The van der Waals surface area contributed by atoms with Gasteiger partial charge in [0.1, 0.15) is 11.2 Å². The standard InChI is InChI=1S/C14H12BrNO5/c15-8-3-4-11-9(6-8)10(7-16(19)20)14(13(18)21-11)5-1-2-12(14)17/h3-4,6,10H,1-2,5,7H2/t10-,14+/m1/s1. The van der Waals surface area contributed by atoms with Gasteiger partial charge in [0.05, 0.1) is 5.92 Å². The van der Waals surface area contributed by atoms with Crippen molar-refractivity contribution < 1.29 is 19.2 Å². The van der Waals surface area contributed by atoms with E-state index in [0.717, 1.165) is 4.47 Å². The fraction of sp³-hybridized carbons (Fsp3) is 0.429. The smallest absolute Gasteiger partial charge is 0.325 e. The zero-order chi connectivity index (χ0) is 15.2. The van der Waals surface area contributed by atoms with Gasteiger partial charge < -0.3 is 4.74 Å². The van der Waals surface area contributed by atoms with Crippen LogP contribution in [-0.4, -0.2) is 23.2 Å². The Morgan fingerprint density at radius 3 is 2.81 bits per heavy atom. The molecule has 1 aliphatic heterocycles. The van der Waals surface area contributed by atoms with E-state index in [4.69, 9.17) is 4.74 Å². The van der Waals surface area contributed by atoms with Crippen LogP contribution in [0.15, 0.2) is 22.7 Å². The molecule has 0 aromatic heterocycles. The third-order valence-electron chi connectivity index (χ3n) is 4.31. The Bertz CT molecular complexity index is 659. The van der Waals surface area contributed by atoms with Crippen LogP contribution in [0.5, 0.6) is 5.75 Å². The number of rotatable bonds is 2. The van der Waals surface area contributed by atoms with Crippen LogP contribution >= 0.6 is 15.9 Å². The number of hydrogen-bond donors (Lipinski definition) is 0. The molecule has 1 spiro atoms. The Labute approximate surface area is 128 Å². The Morgan fingerprint density at radius 1 is 1.43 bits per heavy atom. The summed E-state index contributed by atoms with van der Waals surface area (Å²) >= 11 is 3.32. The van der Waals surface area contributed by atoms with Crippen molar-refractivity contribution >= 4 is 27.7 Å². The molecule has 1 aromatic rings. The summed E-state index contributed by atoms with van der Waals surface area (Å²) in [6.45, 7) is -0.454. The van der Waals surface area contributed by atoms with Gasteiger partial charge in [-0.15, -0.1) is 0 Å². The molecule has 0 bridgehead atoms. The highest BCUT2D eigenvalue weighted by Crippen LogP contribution is 2.53. The lowest BCUT2D eigenvalue weighted by Crippen LogP contribution is -2.48. The minimum Gasteiger partial charge on any atom is -0.425 e. The van der Waals surface area contributed by atoms with Crippen molar-refractivity contribution in [2.45, 2.75) is 25.2 Å². The van der Waals surface area contributed by atoms with Gasteiger partial charge in [0.2, 0.25) is 6.54 Å². The van der Waals surface area contributed by atoms with Crippen LogP contribution in [0, 0.1) is 15.5 Å². The monoisotopic (exact) mass is 353 g/mol. The highest BCUT2D eigenvalue weighted by molar-refractivity contribution is 9.10. The molecule has 1 fully saturated rings. The lowest BCUT2D eigenvalue weighted by Gasteiger charge is -2.36. The minimum absolute atomic E-state index is 0.245. The maximum absolute atomic E-state index is 12.4. The molecule has 3 rings (SSSR count). The summed E-state index contributed by atoms with van der Waals surface area (Å²) < 4.78 is 6.03. The van der Waals surface area contributed by atoms with Gasteiger partial charge in [0.15, 0.2) is 5.78 Å². The Morgan fingerprint density at radius 2 is 2.19 bits per heavy atom. The third-order valence-corrected chi connectivity index (χ3v) is 4.81. The van der Waals surface area contributed by atoms with Crippen molar-refractivity contribution in [3.63, 3.8) is 0 Å². The van der Waals surface area contributed by atoms with Crippen LogP contribution in [0.2, 0.25) is 0 Å². The number of carbonyl (C=O) groups is 2. The fourth-order valence-corrected chi connectivity index (χ4v) is 3.74. The molecule has 1 aromatic carbocycles. The van der Waals surface area contributed by atoms with Crippen molar-refractivity contribution in [1.82, 2.24) is 0 Å². The average molecular weight is 354 g/mol. The quantitative estimate of drug-likeness (QED) is 0.268. The highest BCUT2D eigenvalue weighted by atomic mass is 79.9. The van der Waals surface area contributed by atoms with Crippen LogP contribution < -0.4 is 4.74 Å². The number of fused-ring (bicyclic) bond motifs is 1. The zero-order valence-electron chi connectivity index (χ0n) is 11.0. The molecular formula is C14H12BrNO5. The first-order chi connectivity index (χ1) is 9.95. The molecule has 1 aliphatic carbocycles. The maximum Gasteiger partial charge on any atom is 0.325 e. The second-order valence-corrected chi connectivity index (χ2v) is 6.30. The third kappa shape index (κ3) is 2.07. The first-order valence-electron chi connectivity index (χ1n) is 6.62. The molecule has 6 nitrogen and oxygen atoms in total. The number of carbonyl (C=O) groups excluding carboxylic acids is 2. The summed E-state index contributed by atoms with van der Waals surface area (Å²) in [4.78, 5) is 35.3. The topological polar surface area (TPSA) is 86.5 Å². The Balaban J connectivity index is 2.19. The number of nitrogens with zero attached hydrogens (tertiary/aromatic N) is 1. The van der Waals surface area contributed by atoms with Gasteiger partial charge >= 0.3 is 5.97 Å². The predicted molar refractivity (Wildman–Crippen MR) is 75.7 cm³/mol. The van der Waals surface area contributed by atoms with E-state index in [9.17, 15) is 19.7 Å². The van der Waals surface area contributed by atoms with E-state index in [0.29, 0.717) is 24.2 Å². The Kier molecular flexibility index (Phi) is 3.32. The van der Waals surface area contributed by atoms with E-state index in [2.05, 4.69) is 15.9 Å². The van der Waals surface area contributed by atoms with E-state index < -0.39 is 28.8 Å². The number of ether oxygens (including phenoxy) is 1. The summed E-state index contributed by atoms with van der Waals surface area (Å²) in [6.07, 6.45) is 1.15. The summed E-state index contributed by atoms with van der Waals surface area (Å²) in [5.74, 6) is -1.35. The molecular weight excluding hydrogens is 342 g/mol. The molecule has 2 aliphatic rings. The van der Waals surface area contributed by atoms with Crippen LogP contribution in [-0.2, 0) is 9.59 Å². The van der Waals surface area contributed by atoms with E-state index in [1.165, 1.54) is 0 Å². The molecule has 0 radical (unpaired) electrons. The SMILES string of the molecule is O=C1CCC[C@@]12C(=O)Oc1ccc(Br)cc1[C@H]2C[N+](=O)[O-]. The number of hydrogen-bond acceptors (Lipinski definition) is 5. The second kappa shape index (κ2) is 4.91. The molecule has 21 heavy (non-hydrogen) atoms. The van der Waals surface area contributed by atoms with E-state index >= 15 is 0 Å². The molecule has 0 amide bonds. The van der Waals surface area contributed by atoms with Gasteiger partial charge in [-0.25, -0.2) is 0 Å². The van der Waals surface area contributed by atoms with E-state index in [1.807, 2.05) is 0 Å². The number of Topliss-reactive ketones (excluding diaryl/α,β-unsaturated/α-hetero) is 1. The lowest BCUT2D eigenvalue weighted by molar-refractivity contribution is -0.485. The van der Waals surface area contributed by atoms with Gasteiger partial charge in [-0.2, -0.15) is 0 Å². The molecule has 0 saturated heterocycles. The maximum atomic E-state index is 12.4. The van der Waals surface area contributed by atoms with Gasteiger partial charge in [-0.3, -0.25) is 19.7 Å². The second-order valence-electron chi connectivity index (χ2n) is 5.39. The number of nitro groups is 1. The van der Waals surface area contributed by atoms with Crippen LogP contribution in [0.25, 0.3) is 0 Å². The molecule has 0 unspecified atom stereocenters. The van der Waals surface area contributed by atoms with Crippen molar-refractivity contribution in [2.24, 2.45) is 5.41 Å². The molecule has 110 valence electrons.